The number of nitrogens with two attached hydrogens (primary N) is 1. The first-order valence-electron chi connectivity index (χ1n) is 6.42. The Morgan fingerprint density at radius 2 is 2.05 bits per heavy atom. The first-order chi connectivity index (χ1) is 9.12. The fraction of sp³-hybridized carbons (Fsp3) is 0.467. The Morgan fingerprint density at radius 3 is 2.58 bits per heavy atom. The molecular weight excluding hydrogens is 246 g/mol. The van der Waals surface area contributed by atoms with Gasteiger partial charge in [-0.05, 0) is 18.1 Å². The third-order valence-electron chi connectivity index (χ3n) is 2.98. The fourth-order valence-corrected chi connectivity index (χ4v) is 1.96. The van der Waals surface area contributed by atoms with Gasteiger partial charge in [0.1, 0.15) is 0 Å². The Labute approximate surface area is 113 Å². The molecule has 1 aromatic rings. The lowest BCUT2D eigenvalue weighted by molar-refractivity contribution is 0.151. The molecule has 1 rings (SSSR count). The Kier molecular flexibility index (Phi) is 6.48. The van der Waals surface area contributed by atoms with Crippen LogP contribution in [-0.2, 0) is 0 Å². The number of nitrogens with one attached hydrogen (secondary N) is 1. The number of alkyl halides is 2. The van der Waals surface area contributed by atoms with Crippen LogP contribution in [-0.4, -0.2) is 12.6 Å². The predicted molar refractivity (Wildman–Crippen MR) is 73.9 cm³/mol. The van der Waals surface area contributed by atoms with Gasteiger partial charge in [-0.25, -0.2) is 8.78 Å². The van der Waals surface area contributed by atoms with E-state index in [2.05, 4.69) is 11.2 Å². The smallest absolute Gasteiger partial charge is 0.263 e. The molecule has 0 amide bonds. The molecule has 0 saturated carbocycles. The second kappa shape index (κ2) is 7.88. The minimum absolute atomic E-state index is 0.00509. The molecule has 2 nitrogen and oxygen atoms in total. The first-order valence-corrected chi connectivity index (χ1v) is 6.42. The predicted octanol–water partition coefficient (Wildman–Crippen LogP) is 3.02. The van der Waals surface area contributed by atoms with Gasteiger partial charge in [0.05, 0.1) is 6.04 Å². The topological polar surface area (TPSA) is 38.0 Å². The number of hydrogen-bond acceptors (Lipinski definition) is 2. The van der Waals surface area contributed by atoms with Gasteiger partial charge in [0.25, 0.3) is 6.43 Å². The molecule has 4 heteroatoms. The average Bonchev–Trinajstić information content (AvgIpc) is 2.43. The molecule has 3 N–H and O–H groups in total. The van der Waals surface area contributed by atoms with E-state index in [1.807, 2.05) is 6.92 Å². The average molecular weight is 266 g/mol. The fourth-order valence-electron chi connectivity index (χ4n) is 1.96. The number of halogens is 2. The molecule has 0 heterocycles. The van der Waals surface area contributed by atoms with Crippen LogP contribution in [0.25, 0.3) is 0 Å². The molecule has 0 bridgehead atoms. The van der Waals surface area contributed by atoms with Gasteiger partial charge >= 0.3 is 0 Å². The van der Waals surface area contributed by atoms with Crippen LogP contribution in [0, 0.1) is 12.3 Å². The summed E-state index contributed by atoms with van der Waals surface area (Å²) in [5.41, 5.74) is 6.46. The first kappa shape index (κ1) is 15.6. The second-order valence-corrected chi connectivity index (χ2v) is 4.43. The monoisotopic (exact) mass is 266 g/mol. The van der Waals surface area contributed by atoms with Gasteiger partial charge in [0.15, 0.2) is 0 Å². The molecule has 19 heavy (non-hydrogen) atoms. The molecule has 0 aliphatic rings. The van der Waals surface area contributed by atoms with E-state index in [0.717, 1.165) is 18.4 Å². The molecule has 0 saturated heterocycles. The van der Waals surface area contributed by atoms with E-state index in [4.69, 9.17) is 12.2 Å². The lowest BCUT2D eigenvalue weighted by Crippen LogP contribution is -2.35. The van der Waals surface area contributed by atoms with Crippen molar-refractivity contribution in [3.05, 3.63) is 35.4 Å². The minimum atomic E-state index is -2.47. The molecule has 2 unspecified atom stereocenters. The van der Waals surface area contributed by atoms with Gasteiger partial charge in [-0.1, -0.05) is 37.5 Å². The van der Waals surface area contributed by atoms with Crippen LogP contribution in [0.15, 0.2) is 24.3 Å². The summed E-state index contributed by atoms with van der Waals surface area (Å²) in [7, 11) is 0. The highest BCUT2D eigenvalue weighted by Gasteiger charge is 2.15. The zero-order chi connectivity index (χ0) is 14.3. The second-order valence-electron chi connectivity index (χ2n) is 4.43. The van der Waals surface area contributed by atoms with Crippen molar-refractivity contribution in [1.82, 2.24) is 5.32 Å². The molecule has 2 atom stereocenters. The maximum atomic E-state index is 12.7. The Hall–Kier alpha value is -1.44. The molecule has 0 radical (unpaired) electrons. The van der Waals surface area contributed by atoms with Gasteiger partial charge in [-0.2, -0.15) is 0 Å². The summed E-state index contributed by atoms with van der Waals surface area (Å²) in [6.07, 6.45) is 4.76. The molecule has 0 aliphatic carbocycles. The van der Waals surface area contributed by atoms with E-state index in [-0.39, 0.29) is 17.6 Å². The third kappa shape index (κ3) is 4.62. The quantitative estimate of drug-likeness (QED) is 0.744. The van der Waals surface area contributed by atoms with Gasteiger partial charge in [0, 0.05) is 18.2 Å². The third-order valence-corrected chi connectivity index (χ3v) is 2.98. The molecule has 104 valence electrons. The van der Waals surface area contributed by atoms with Crippen molar-refractivity contribution in [2.75, 3.05) is 6.54 Å². The lowest BCUT2D eigenvalue weighted by atomic mass is 10.0. The zero-order valence-corrected chi connectivity index (χ0v) is 11.1. The maximum Gasteiger partial charge on any atom is 0.263 e. The maximum absolute atomic E-state index is 12.7. The van der Waals surface area contributed by atoms with Crippen LogP contribution in [0.3, 0.4) is 0 Å². The molecular formula is C15H20F2N2. The van der Waals surface area contributed by atoms with Gasteiger partial charge < -0.3 is 5.73 Å². The van der Waals surface area contributed by atoms with Crippen LogP contribution < -0.4 is 11.1 Å². The summed E-state index contributed by atoms with van der Waals surface area (Å²) in [5.74, 6) is 2.66. The summed E-state index contributed by atoms with van der Waals surface area (Å²) in [6.45, 7) is 2.36. The number of benzene rings is 1. The van der Waals surface area contributed by atoms with Crippen LogP contribution in [0.5, 0.6) is 0 Å². The SMILES string of the molecule is C#CC(CCC)NC(CN)c1cccc(C(F)F)c1. The summed E-state index contributed by atoms with van der Waals surface area (Å²) in [6, 6.07) is 6.00. The van der Waals surface area contributed by atoms with Crippen LogP contribution in [0.4, 0.5) is 8.78 Å². The zero-order valence-electron chi connectivity index (χ0n) is 11.1. The van der Waals surface area contributed by atoms with E-state index < -0.39 is 6.43 Å². The number of rotatable bonds is 7. The van der Waals surface area contributed by atoms with E-state index in [9.17, 15) is 8.78 Å². The Bertz CT molecular complexity index is 426. The standard InChI is InChI=1S/C15H20F2N2/c1-3-6-13(4-2)19-14(10-18)11-7-5-8-12(9-11)15(16)17/h2,5,7-9,13-15,19H,3,6,10,18H2,1H3. The minimum Gasteiger partial charge on any atom is -0.329 e. The highest BCUT2D eigenvalue weighted by Crippen LogP contribution is 2.22. The van der Waals surface area contributed by atoms with E-state index in [0.29, 0.717) is 6.54 Å². The van der Waals surface area contributed by atoms with Crippen molar-refractivity contribution in [3.8, 4) is 12.3 Å². The lowest BCUT2D eigenvalue weighted by Gasteiger charge is -2.22. The van der Waals surface area contributed by atoms with Gasteiger partial charge in [-0.3, -0.25) is 5.32 Å². The largest absolute Gasteiger partial charge is 0.329 e. The van der Waals surface area contributed by atoms with Crippen LogP contribution in [0.2, 0.25) is 0 Å². The summed E-state index contributed by atoms with van der Waals surface area (Å²) >= 11 is 0. The summed E-state index contributed by atoms with van der Waals surface area (Å²) in [5, 5.41) is 3.23. The molecule has 0 fully saturated rings. The van der Waals surface area contributed by atoms with Crippen molar-refractivity contribution in [3.63, 3.8) is 0 Å². The Morgan fingerprint density at radius 1 is 1.37 bits per heavy atom. The highest BCUT2D eigenvalue weighted by molar-refractivity contribution is 5.27. The van der Waals surface area contributed by atoms with E-state index >= 15 is 0 Å². The van der Waals surface area contributed by atoms with Gasteiger partial charge in [0.2, 0.25) is 0 Å². The van der Waals surface area contributed by atoms with Crippen molar-refractivity contribution in [2.45, 2.75) is 38.3 Å². The van der Waals surface area contributed by atoms with E-state index in [1.165, 1.54) is 12.1 Å². The van der Waals surface area contributed by atoms with Crippen molar-refractivity contribution in [1.29, 1.82) is 0 Å². The van der Waals surface area contributed by atoms with E-state index in [1.54, 1.807) is 12.1 Å². The summed E-state index contributed by atoms with van der Waals surface area (Å²) in [4.78, 5) is 0. The van der Waals surface area contributed by atoms with Crippen LogP contribution >= 0.6 is 0 Å². The molecule has 0 aliphatic heterocycles. The number of terminal acetylenes is 1. The van der Waals surface area contributed by atoms with Gasteiger partial charge in [-0.15, -0.1) is 6.42 Å². The van der Waals surface area contributed by atoms with Crippen molar-refractivity contribution >= 4 is 0 Å². The molecule has 1 aromatic carbocycles. The van der Waals surface area contributed by atoms with Crippen molar-refractivity contribution < 1.29 is 8.78 Å². The van der Waals surface area contributed by atoms with Crippen LogP contribution in [0.1, 0.15) is 43.4 Å². The normalized spacial score (nSPS) is 14.1. The summed E-state index contributed by atoms with van der Waals surface area (Å²) < 4.78 is 25.4. The highest BCUT2D eigenvalue weighted by atomic mass is 19.3. The number of hydrogen-bond donors (Lipinski definition) is 2. The Balaban J connectivity index is 2.85. The molecule has 0 spiro atoms. The molecule has 0 aromatic heterocycles. The van der Waals surface area contributed by atoms with Crippen molar-refractivity contribution in [2.24, 2.45) is 5.73 Å².